The van der Waals surface area contributed by atoms with Gasteiger partial charge in [-0.2, -0.15) is 0 Å². The molecule has 0 aliphatic carbocycles. The summed E-state index contributed by atoms with van der Waals surface area (Å²) in [7, 11) is 3.97. The van der Waals surface area contributed by atoms with Crippen LogP contribution in [-0.4, -0.2) is 29.0 Å². The smallest absolute Gasteiger partial charge is 0.146 e. The Morgan fingerprint density at radius 2 is 1.71 bits per heavy atom. The zero-order valence-electron chi connectivity index (χ0n) is 9.65. The van der Waals surface area contributed by atoms with Crippen LogP contribution in [0.1, 0.15) is 32.5 Å². The van der Waals surface area contributed by atoms with E-state index in [-0.39, 0.29) is 6.04 Å². The number of nitrogen functional groups attached to an aromatic ring is 1. The second kappa shape index (κ2) is 6.32. The zero-order chi connectivity index (χ0) is 11.1. The third-order valence-electron chi connectivity index (χ3n) is 1.93. The molecule has 0 aliphatic rings. The van der Waals surface area contributed by atoms with Crippen molar-refractivity contribution in [3.05, 3.63) is 18.1 Å². The standard InChI is InChI=1S/C8H14N4.C2H6/c1-6(12(2)3)7-8(9)11-5-4-10-7;1-2/h4-6H,1-3H3,(H2,9,11);1-2H3. The normalized spacial score (nSPS) is 11.9. The van der Waals surface area contributed by atoms with Gasteiger partial charge < -0.3 is 10.6 Å². The predicted octanol–water partition coefficient (Wildman–Crippen LogP) is 1.71. The highest BCUT2D eigenvalue weighted by atomic mass is 15.1. The molecule has 0 spiro atoms. The summed E-state index contributed by atoms with van der Waals surface area (Å²) in [6.07, 6.45) is 3.26. The van der Waals surface area contributed by atoms with Crippen LogP contribution in [0.4, 0.5) is 5.82 Å². The Balaban J connectivity index is 0.000000791. The second-order valence-corrected chi connectivity index (χ2v) is 2.97. The molecule has 2 N–H and O–H groups in total. The molecule has 1 heterocycles. The first-order valence-electron chi connectivity index (χ1n) is 4.85. The van der Waals surface area contributed by atoms with Gasteiger partial charge in [0, 0.05) is 12.4 Å². The Hall–Kier alpha value is -1.16. The molecule has 1 aromatic rings. The Morgan fingerprint density at radius 1 is 1.21 bits per heavy atom. The summed E-state index contributed by atoms with van der Waals surface area (Å²) in [5.41, 5.74) is 6.49. The van der Waals surface area contributed by atoms with Gasteiger partial charge in [-0.3, -0.25) is 4.98 Å². The molecular formula is C10H20N4. The van der Waals surface area contributed by atoms with E-state index in [1.165, 1.54) is 0 Å². The first kappa shape index (κ1) is 12.8. The van der Waals surface area contributed by atoms with Crippen molar-refractivity contribution in [1.29, 1.82) is 0 Å². The van der Waals surface area contributed by atoms with E-state index >= 15 is 0 Å². The van der Waals surface area contributed by atoms with E-state index in [1.54, 1.807) is 12.4 Å². The third-order valence-corrected chi connectivity index (χ3v) is 1.93. The summed E-state index contributed by atoms with van der Waals surface area (Å²) in [6, 6.07) is 0.207. The molecule has 1 atom stereocenters. The molecule has 0 fully saturated rings. The van der Waals surface area contributed by atoms with Crippen molar-refractivity contribution in [2.24, 2.45) is 0 Å². The van der Waals surface area contributed by atoms with Crippen molar-refractivity contribution in [2.75, 3.05) is 19.8 Å². The van der Waals surface area contributed by atoms with Gasteiger partial charge in [-0.15, -0.1) is 0 Å². The quantitative estimate of drug-likeness (QED) is 0.782. The van der Waals surface area contributed by atoms with Gasteiger partial charge in [0.15, 0.2) is 0 Å². The SMILES string of the molecule is CC.CC(c1nccnc1N)N(C)C. The van der Waals surface area contributed by atoms with Gasteiger partial charge in [-0.05, 0) is 21.0 Å². The lowest BCUT2D eigenvalue weighted by molar-refractivity contribution is 0.315. The monoisotopic (exact) mass is 196 g/mol. The van der Waals surface area contributed by atoms with E-state index in [2.05, 4.69) is 9.97 Å². The van der Waals surface area contributed by atoms with E-state index in [1.807, 2.05) is 39.8 Å². The average Bonchev–Trinajstić information content (AvgIpc) is 2.20. The molecule has 0 saturated carbocycles. The van der Waals surface area contributed by atoms with Gasteiger partial charge >= 0.3 is 0 Å². The number of anilines is 1. The first-order chi connectivity index (χ1) is 6.63. The number of rotatable bonds is 2. The molecule has 4 heteroatoms. The molecule has 14 heavy (non-hydrogen) atoms. The number of hydrogen-bond donors (Lipinski definition) is 1. The summed E-state index contributed by atoms with van der Waals surface area (Å²) in [4.78, 5) is 10.2. The predicted molar refractivity (Wildman–Crippen MR) is 59.9 cm³/mol. The lowest BCUT2D eigenvalue weighted by Gasteiger charge is -2.19. The minimum atomic E-state index is 0.207. The van der Waals surface area contributed by atoms with E-state index in [4.69, 9.17) is 5.73 Å². The van der Waals surface area contributed by atoms with Crippen LogP contribution in [0.25, 0.3) is 0 Å². The third kappa shape index (κ3) is 3.30. The fourth-order valence-corrected chi connectivity index (χ4v) is 0.926. The van der Waals surface area contributed by atoms with Crippen LogP contribution in [0.3, 0.4) is 0 Å². The maximum atomic E-state index is 5.66. The summed E-state index contributed by atoms with van der Waals surface area (Å²) < 4.78 is 0. The largest absolute Gasteiger partial charge is 0.382 e. The summed E-state index contributed by atoms with van der Waals surface area (Å²) >= 11 is 0. The van der Waals surface area contributed by atoms with Gasteiger partial charge in [0.2, 0.25) is 0 Å². The minimum absolute atomic E-state index is 0.207. The number of nitrogens with two attached hydrogens (primary N) is 1. The molecule has 0 radical (unpaired) electrons. The topological polar surface area (TPSA) is 55.0 Å². The number of aromatic nitrogens is 2. The van der Waals surface area contributed by atoms with Crippen LogP contribution in [0, 0.1) is 0 Å². The van der Waals surface area contributed by atoms with Gasteiger partial charge in [0.1, 0.15) is 5.82 Å². The van der Waals surface area contributed by atoms with Crippen molar-refractivity contribution in [1.82, 2.24) is 14.9 Å². The van der Waals surface area contributed by atoms with Crippen molar-refractivity contribution >= 4 is 5.82 Å². The zero-order valence-corrected chi connectivity index (χ0v) is 9.65. The highest BCUT2D eigenvalue weighted by Gasteiger charge is 2.12. The molecular weight excluding hydrogens is 176 g/mol. The number of hydrogen-bond acceptors (Lipinski definition) is 4. The molecule has 1 unspecified atom stereocenters. The maximum absolute atomic E-state index is 5.66. The van der Waals surface area contributed by atoms with Crippen molar-refractivity contribution in [3.63, 3.8) is 0 Å². The van der Waals surface area contributed by atoms with Crippen LogP contribution >= 0.6 is 0 Å². The van der Waals surface area contributed by atoms with Crippen molar-refractivity contribution in [3.8, 4) is 0 Å². The maximum Gasteiger partial charge on any atom is 0.146 e. The molecule has 1 aromatic heterocycles. The Morgan fingerprint density at radius 3 is 2.14 bits per heavy atom. The Labute approximate surface area is 86.2 Å². The van der Waals surface area contributed by atoms with Crippen LogP contribution in [-0.2, 0) is 0 Å². The Kier molecular flexibility index (Phi) is 5.79. The van der Waals surface area contributed by atoms with E-state index in [9.17, 15) is 0 Å². The van der Waals surface area contributed by atoms with E-state index in [0.717, 1.165) is 5.69 Å². The van der Waals surface area contributed by atoms with E-state index in [0.29, 0.717) is 5.82 Å². The summed E-state index contributed by atoms with van der Waals surface area (Å²) in [5.74, 6) is 0.513. The minimum Gasteiger partial charge on any atom is -0.382 e. The van der Waals surface area contributed by atoms with Crippen LogP contribution in [0.2, 0.25) is 0 Å². The highest BCUT2D eigenvalue weighted by Crippen LogP contribution is 2.18. The molecule has 80 valence electrons. The van der Waals surface area contributed by atoms with Crippen LogP contribution in [0.5, 0.6) is 0 Å². The second-order valence-electron chi connectivity index (χ2n) is 2.97. The molecule has 0 aliphatic heterocycles. The lowest BCUT2D eigenvalue weighted by atomic mass is 10.2. The molecule has 0 bridgehead atoms. The van der Waals surface area contributed by atoms with Crippen molar-refractivity contribution in [2.45, 2.75) is 26.8 Å². The summed E-state index contributed by atoms with van der Waals surface area (Å²) in [5, 5.41) is 0. The van der Waals surface area contributed by atoms with Gasteiger partial charge in [-0.1, -0.05) is 13.8 Å². The molecule has 0 aromatic carbocycles. The van der Waals surface area contributed by atoms with Crippen LogP contribution in [0.15, 0.2) is 12.4 Å². The van der Waals surface area contributed by atoms with Gasteiger partial charge in [-0.25, -0.2) is 4.98 Å². The first-order valence-corrected chi connectivity index (χ1v) is 4.85. The molecule has 0 saturated heterocycles. The van der Waals surface area contributed by atoms with Gasteiger partial charge in [0.05, 0.1) is 11.7 Å². The lowest BCUT2D eigenvalue weighted by Crippen LogP contribution is -2.19. The number of nitrogens with zero attached hydrogens (tertiary/aromatic N) is 3. The van der Waals surface area contributed by atoms with E-state index < -0.39 is 0 Å². The van der Waals surface area contributed by atoms with Crippen molar-refractivity contribution < 1.29 is 0 Å². The molecule has 4 nitrogen and oxygen atoms in total. The molecule has 0 amide bonds. The fraction of sp³-hybridized carbons (Fsp3) is 0.600. The van der Waals surface area contributed by atoms with Crippen LogP contribution < -0.4 is 5.73 Å². The Bertz CT molecular complexity index is 260. The summed E-state index contributed by atoms with van der Waals surface area (Å²) in [6.45, 7) is 6.04. The highest BCUT2D eigenvalue weighted by molar-refractivity contribution is 5.34. The molecule has 1 rings (SSSR count). The van der Waals surface area contributed by atoms with Gasteiger partial charge in [0.25, 0.3) is 0 Å². The fourth-order valence-electron chi connectivity index (χ4n) is 0.926. The average molecular weight is 196 g/mol.